The topological polar surface area (TPSA) is 44.8 Å². The van der Waals surface area contributed by atoms with Crippen molar-refractivity contribution < 1.29 is 18.3 Å². The minimum absolute atomic E-state index is 0.298. The van der Waals surface area contributed by atoms with Crippen LogP contribution in [0.3, 0.4) is 0 Å². The Kier molecular flexibility index (Phi) is 7.12. The molecule has 0 radical (unpaired) electrons. The maximum Gasteiger partial charge on any atom is 0.340 e. The maximum absolute atomic E-state index is 12.1. The molecule has 1 aliphatic heterocycles. The zero-order chi connectivity index (χ0) is 12.7. The summed E-state index contributed by atoms with van der Waals surface area (Å²) < 4.78 is 28.3. The van der Waals surface area contributed by atoms with E-state index in [2.05, 4.69) is 6.92 Å². The second kappa shape index (κ2) is 7.80. The zero-order valence-electron chi connectivity index (χ0n) is 10.9. The molecule has 0 spiro atoms. The maximum atomic E-state index is 12.1. The Morgan fingerprint density at radius 1 is 1.29 bits per heavy atom. The fraction of sp³-hybridized carbons (Fsp3) is 1.00. The lowest BCUT2D eigenvalue weighted by molar-refractivity contribution is 0.0700. The summed E-state index contributed by atoms with van der Waals surface area (Å²) >= 11 is 1.60. The van der Waals surface area contributed by atoms with Crippen molar-refractivity contribution in [3.05, 3.63) is 0 Å². The number of rotatable bonds is 8. The molecule has 0 amide bonds. The summed E-state index contributed by atoms with van der Waals surface area (Å²) in [5.41, 5.74) is 0.420. The molecule has 0 aromatic heterocycles. The summed E-state index contributed by atoms with van der Waals surface area (Å²) in [6, 6.07) is 0. The third-order valence-electron chi connectivity index (χ3n) is 2.52. The highest BCUT2D eigenvalue weighted by Gasteiger charge is 2.26. The summed E-state index contributed by atoms with van der Waals surface area (Å²) in [5, 5.41) is 0. The highest BCUT2D eigenvalue weighted by atomic mass is 32.2. The molecule has 1 unspecified atom stereocenters. The van der Waals surface area contributed by atoms with Gasteiger partial charge in [-0.3, -0.25) is 4.57 Å². The van der Waals surface area contributed by atoms with Crippen molar-refractivity contribution in [3.8, 4) is 0 Å². The molecule has 1 aliphatic rings. The van der Waals surface area contributed by atoms with Gasteiger partial charge in [0.2, 0.25) is 0 Å². The lowest BCUT2D eigenvalue weighted by Gasteiger charge is -2.17. The van der Waals surface area contributed by atoms with Crippen LogP contribution in [0.25, 0.3) is 0 Å². The first-order chi connectivity index (χ1) is 8.09. The van der Waals surface area contributed by atoms with Crippen molar-refractivity contribution in [2.45, 2.75) is 45.8 Å². The SMILES string of the molecule is CCOP(=O)(CSCC1CC[C@H](C)O1)OCC. The largest absolute Gasteiger partial charge is 0.374 e. The van der Waals surface area contributed by atoms with Crippen LogP contribution in [0.1, 0.15) is 33.6 Å². The van der Waals surface area contributed by atoms with Gasteiger partial charge in [-0.2, -0.15) is 0 Å². The molecule has 0 saturated carbocycles. The molecule has 4 nitrogen and oxygen atoms in total. The van der Waals surface area contributed by atoms with Crippen molar-refractivity contribution in [1.82, 2.24) is 0 Å². The van der Waals surface area contributed by atoms with E-state index >= 15 is 0 Å². The van der Waals surface area contributed by atoms with Gasteiger partial charge in [0.15, 0.2) is 0 Å². The number of ether oxygens (including phenoxy) is 1. The fourth-order valence-corrected chi connectivity index (χ4v) is 5.09. The van der Waals surface area contributed by atoms with Crippen LogP contribution in [0, 0.1) is 0 Å². The third-order valence-corrected chi connectivity index (χ3v) is 6.43. The molecule has 0 aromatic carbocycles. The Morgan fingerprint density at radius 3 is 2.41 bits per heavy atom. The van der Waals surface area contributed by atoms with Crippen LogP contribution in [0.5, 0.6) is 0 Å². The highest BCUT2D eigenvalue weighted by Crippen LogP contribution is 2.51. The van der Waals surface area contributed by atoms with Gasteiger partial charge >= 0.3 is 7.60 Å². The lowest BCUT2D eigenvalue weighted by Crippen LogP contribution is -2.11. The van der Waals surface area contributed by atoms with Crippen molar-refractivity contribution in [3.63, 3.8) is 0 Å². The Labute approximate surface area is 108 Å². The molecular formula is C11H23O4PS. The summed E-state index contributed by atoms with van der Waals surface area (Å²) in [4.78, 5) is 0. The monoisotopic (exact) mass is 282 g/mol. The van der Waals surface area contributed by atoms with Gasteiger partial charge in [0.1, 0.15) is 0 Å². The summed E-state index contributed by atoms with van der Waals surface area (Å²) in [6.45, 7) is 6.61. The molecule has 0 aromatic rings. The normalized spacial score (nSPS) is 25.4. The molecule has 6 heteroatoms. The first kappa shape index (κ1) is 15.5. The van der Waals surface area contributed by atoms with E-state index in [1.807, 2.05) is 13.8 Å². The lowest BCUT2D eigenvalue weighted by atomic mass is 10.2. The minimum Gasteiger partial charge on any atom is -0.374 e. The predicted octanol–water partition coefficient (Wildman–Crippen LogP) is 3.51. The number of hydrogen-bond donors (Lipinski definition) is 0. The average Bonchev–Trinajstić information content (AvgIpc) is 2.65. The molecule has 1 rings (SSSR count). The van der Waals surface area contributed by atoms with Crippen molar-refractivity contribution in [1.29, 1.82) is 0 Å². The van der Waals surface area contributed by atoms with E-state index in [4.69, 9.17) is 13.8 Å². The molecule has 102 valence electrons. The van der Waals surface area contributed by atoms with Crippen molar-refractivity contribution >= 4 is 19.4 Å². The number of hydrogen-bond acceptors (Lipinski definition) is 5. The van der Waals surface area contributed by atoms with Gasteiger partial charge in [-0.05, 0) is 33.6 Å². The van der Waals surface area contributed by atoms with Gasteiger partial charge in [-0.25, -0.2) is 0 Å². The molecule has 0 N–H and O–H groups in total. The third kappa shape index (κ3) is 5.75. The van der Waals surface area contributed by atoms with E-state index in [-0.39, 0.29) is 0 Å². The Bertz CT molecular complexity index is 252. The molecule has 1 fully saturated rings. The van der Waals surface area contributed by atoms with Gasteiger partial charge in [-0.1, -0.05) is 0 Å². The first-order valence-corrected chi connectivity index (χ1v) is 9.09. The van der Waals surface area contributed by atoms with Crippen LogP contribution in [0.2, 0.25) is 0 Å². The second-order valence-electron chi connectivity index (χ2n) is 4.09. The molecule has 1 heterocycles. The van der Waals surface area contributed by atoms with Crippen LogP contribution < -0.4 is 0 Å². The Hall–Kier alpha value is 0.460. The van der Waals surface area contributed by atoms with Crippen molar-refractivity contribution in [2.75, 3.05) is 24.5 Å². The fourth-order valence-electron chi connectivity index (χ4n) is 1.81. The van der Waals surface area contributed by atoms with Crippen LogP contribution in [-0.2, 0) is 18.3 Å². The Balaban J connectivity index is 2.24. The Morgan fingerprint density at radius 2 is 1.94 bits per heavy atom. The molecule has 2 atom stereocenters. The zero-order valence-corrected chi connectivity index (χ0v) is 12.6. The van der Waals surface area contributed by atoms with Crippen LogP contribution in [-0.4, -0.2) is 36.7 Å². The van der Waals surface area contributed by atoms with Crippen LogP contribution in [0.15, 0.2) is 0 Å². The molecular weight excluding hydrogens is 259 g/mol. The molecule has 17 heavy (non-hydrogen) atoms. The van der Waals surface area contributed by atoms with E-state index in [9.17, 15) is 4.57 Å². The predicted molar refractivity (Wildman–Crippen MR) is 71.8 cm³/mol. The van der Waals surface area contributed by atoms with Gasteiger partial charge in [0.05, 0.1) is 30.9 Å². The summed E-state index contributed by atoms with van der Waals surface area (Å²) in [6.07, 6.45) is 2.89. The van der Waals surface area contributed by atoms with Gasteiger partial charge in [-0.15, -0.1) is 11.8 Å². The van der Waals surface area contributed by atoms with Gasteiger partial charge in [0.25, 0.3) is 0 Å². The second-order valence-corrected chi connectivity index (χ2v) is 7.60. The number of thioether (sulfide) groups is 1. The van der Waals surface area contributed by atoms with E-state index < -0.39 is 7.60 Å². The quantitative estimate of drug-likeness (QED) is 0.637. The minimum atomic E-state index is -2.88. The molecule has 0 aliphatic carbocycles. The molecule has 1 saturated heterocycles. The van der Waals surface area contributed by atoms with Gasteiger partial charge in [0, 0.05) is 5.75 Å². The smallest absolute Gasteiger partial charge is 0.340 e. The average molecular weight is 282 g/mol. The summed E-state index contributed by atoms with van der Waals surface area (Å²) in [7, 11) is -2.88. The highest BCUT2D eigenvalue weighted by molar-refractivity contribution is 8.04. The van der Waals surface area contributed by atoms with Crippen LogP contribution in [0.4, 0.5) is 0 Å². The van der Waals surface area contributed by atoms with Crippen LogP contribution >= 0.6 is 19.4 Å². The van der Waals surface area contributed by atoms with Gasteiger partial charge < -0.3 is 13.8 Å². The van der Waals surface area contributed by atoms with E-state index in [1.54, 1.807) is 11.8 Å². The summed E-state index contributed by atoms with van der Waals surface area (Å²) in [5.74, 6) is 0.870. The molecule has 0 bridgehead atoms. The van der Waals surface area contributed by atoms with E-state index in [1.165, 1.54) is 0 Å². The van der Waals surface area contributed by atoms with E-state index in [0.717, 1.165) is 18.6 Å². The van der Waals surface area contributed by atoms with E-state index in [0.29, 0.717) is 30.9 Å². The first-order valence-electron chi connectivity index (χ1n) is 6.21. The standard InChI is InChI=1S/C11H23O4PS/c1-4-13-16(12,14-5-2)9-17-8-11-7-6-10(3)15-11/h10-11H,4-9H2,1-3H3/t10-,11?/m0/s1. The van der Waals surface area contributed by atoms with Crippen molar-refractivity contribution in [2.24, 2.45) is 0 Å².